The van der Waals surface area contributed by atoms with Crippen molar-refractivity contribution in [2.75, 3.05) is 25.0 Å². The number of nitrogens with one attached hydrogen (secondary N) is 1. The van der Waals surface area contributed by atoms with Crippen molar-refractivity contribution >= 4 is 17.7 Å². The van der Waals surface area contributed by atoms with Crippen LogP contribution >= 0.6 is 0 Å². The summed E-state index contributed by atoms with van der Waals surface area (Å²) in [6.07, 6.45) is 2.14. The Morgan fingerprint density at radius 1 is 1.05 bits per heavy atom. The summed E-state index contributed by atoms with van der Waals surface area (Å²) in [5, 5.41) is 8.16. The largest absolute Gasteiger partial charge is 0.454 e. The summed E-state index contributed by atoms with van der Waals surface area (Å²) in [6.45, 7) is 7.43. The SMILES string of the molecule is CC(C)(C)OC(=O)N1CCC(C2CCNc3c2nn(-c2ccc(Oc4ccc(F)cc4F)cc2)c3C(N)=O)CC1. The van der Waals surface area contributed by atoms with E-state index >= 15 is 0 Å². The van der Waals surface area contributed by atoms with Crippen molar-refractivity contribution in [2.45, 2.75) is 51.6 Å². The zero-order chi connectivity index (χ0) is 28.6. The number of piperidine rings is 1. The van der Waals surface area contributed by atoms with E-state index in [1.807, 2.05) is 20.8 Å². The molecule has 3 aromatic rings. The van der Waals surface area contributed by atoms with Gasteiger partial charge in [-0.3, -0.25) is 4.79 Å². The summed E-state index contributed by atoms with van der Waals surface area (Å²) in [5.41, 5.74) is 7.51. The summed E-state index contributed by atoms with van der Waals surface area (Å²) in [7, 11) is 0. The van der Waals surface area contributed by atoms with Crippen molar-refractivity contribution < 1.29 is 27.8 Å². The van der Waals surface area contributed by atoms with Gasteiger partial charge in [0.05, 0.1) is 17.1 Å². The lowest BCUT2D eigenvalue weighted by Crippen LogP contribution is -2.43. The summed E-state index contributed by atoms with van der Waals surface area (Å²) < 4.78 is 39.8. The van der Waals surface area contributed by atoms with Gasteiger partial charge in [-0.2, -0.15) is 5.10 Å². The molecule has 1 fully saturated rings. The van der Waals surface area contributed by atoms with E-state index in [9.17, 15) is 18.4 Å². The summed E-state index contributed by atoms with van der Waals surface area (Å²) in [5.74, 6) is -1.51. The summed E-state index contributed by atoms with van der Waals surface area (Å²) in [6, 6.07) is 9.69. The number of amides is 2. The molecule has 0 aliphatic carbocycles. The standard InChI is InChI=1S/C29H33F2N5O4/c1-29(2,3)40-28(38)35-14-11-17(12-15-35)21-10-13-33-25-24(21)34-36(26(25)27(32)37)19-5-7-20(8-6-19)39-23-9-4-18(30)16-22(23)31/h4-9,16-17,21,33H,10-15H2,1-3H3,(H2,32,37). The monoisotopic (exact) mass is 553 g/mol. The topological polar surface area (TPSA) is 112 Å². The second-order valence-electron chi connectivity index (χ2n) is 11.2. The van der Waals surface area contributed by atoms with Crippen molar-refractivity contribution in [1.82, 2.24) is 14.7 Å². The number of hydrogen-bond donors (Lipinski definition) is 2. The van der Waals surface area contributed by atoms with Gasteiger partial charge < -0.3 is 25.4 Å². The molecule has 3 heterocycles. The van der Waals surface area contributed by atoms with Crippen LogP contribution in [0.25, 0.3) is 5.69 Å². The van der Waals surface area contributed by atoms with Crippen molar-refractivity contribution in [2.24, 2.45) is 11.7 Å². The van der Waals surface area contributed by atoms with E-state index in [4.69, 9.17) is 20.3 Å². The third kappa shape index (κ3) is 5.73. The second kappa shape index (κ2) is 10.8. The van der Waals surface area contributed by atoms with E-state index in [-0.39, 0.29) is 29.4 Å². The van der Waals surface area contributed by atoms with Gasteiger partial charge in [0.15, 0.2) is 17.3 Å². The lowest BCUT2D eigenvalue weighted by molar-refractivity contribution is 0.0172. The first-order chi connectivity index (χ1) is 19.0. The van der Waals surface area contributed by atoms with Crippen LogP contribution in [0.5, 0.6) is 11.5 Å². The Hall–Kier alpha value is -4.15. The minimum atomic E-state index is -0.811. The van der Waals surface area contributed by atoms with E-state index in [0.29, 0.717) is 36.8 Å². The maximum atomic E-state index is 14.0. The molecule has 1 unspecified atom stereocenters. The van der Waals surface area contributed by atoms with Crippen LogP contribution in [0.2, 0.25) is 0 Å². The van der Waals surface area contributed by atoms with Gasteiger partial charge in [-0.1, -0.05) is 0 Å². The van der Waals surface area contributed by atoms with Crippen molar-refractivity contribution in [3.63, 3.8) is 0 Å². The van der Waals surface area contributed by atoms with Crippen LogP contribution in [0.4, 0.5) is 19.3 Å². The van der Waals surface area contributed by atoms with Gasteiger partial charge in [0, 0.05) is 31.6 Å². The molecule has 0 spiro atoms. The van der Waals surface area contributed by atoms with Crippen molar-refractivity contribution in [3.8, 4) is 17.2 Å². The van der Waals surface area contributed by atoms with Crippen LogP contribution in [-0.4, -0.2) is 51.9 Å². The number of carbonyl (C=O) groups is 2. The van der Waals surface area contributed by atoms with Crippen molar-refractivity contribution in [1.29, 1.82) is 0 Å². The van der Waals surface area contributed by atoms with E-state index in [1.165, 1.54) is 10.7 Å². The predicted molar refractivity (Wildman–Crippen MR) is 145 cm³/mol. The number of hydrogen-bond acceptors (Lipinski definition) is 6. The third-order valence-corrected chi connectivity index (χ3v) is 7.22. The van der Waals surface area contributed by atoms with Gasteiger partial charge in [-0.25, -0.2) is 18.3 Å². The van der Waals surface area contributed by atoms with E-state index < -0.39 is 23.1 Å². The number of anilines is 1. The van der Waals surface area contributed by atoms with Crippen LogP contribution in [0.1, 0.15) is 62.1 Å². The molecule has 0 bridgehead atoms. The first kappa shape index (κ1) is 27.4. The Morgan fingerprint density at radius 2 is 1.75 bits per heavy atom. The van der Waals surface area contributed by atoms with Crippen LogP contribution in [0, 0.1) is 17.6 Å². The molecule has 3 N–H and O–H groups in total. The summed E-state index contributed by atoms with van der Waals surface area (Å²) >= 11 is 0. The highest BCUT2D eigenvalue weighted by atomic mass is 19.1. The third-order valence-electron chi connectivity index (χ3n) is 7.22. The predicted octanol–water partition coefficient (Wildman–Crippen LogP) is 5.59. The fraction of sp³-hybridized carbons (Fsp3) is 0.414. The molecule has 1 saturated heterocycles. The van der Waals surface area contributed by atoms with Gasteiger partial charge in [0.1, 0.15) is 17.2 Å². The molecule has 40 heavy (non-hydrogen) atoms. The number of rotatable bonds is 5. The minimum absolute atomic E-state index is 0.0976. The molecule has 212 valence electrons. The van der Waals surface area contributed by atoms with Crippen LogP contribution < -0.4 is 15.8 Å². The van der Waals surface area contributed by atoms with Gasteiger partial charge in [-0.15, -0.1) is 0 Å². The molecule has 2 aliphatic rings. The number of benzene rings is 2. The highest BCUT2D eigenvalue weighted by molar-refractivity contribution is 5.98. The molecule has 11 heteroatoms. The van der Waals surface area contributed by atoms with Gasteiger partial charge >= 0.3 is 6.09 Å². The quantitative estimate of drug-likeness (QED) is 0.426. The lowest BCUT2D eigenvalue weighted by atomic mass is 9.78. The van der Waals surface area contributed by atoms with E-state index in [1.54, 1.807) is 29.2 Å². The Labute approximate surface area is 231 Å². The average molecular weight is 554 g/mol. The number of primary amides is 1. The molecule has 2 aliphatic heterocycles. The van der Waals surface area contributed by atoms with Crippen LogP contribution in [0.15, 0.2) is 42.5 Å². The van der Waals surface area contributed by atoms with Gasteiger partial charge in [-0.05, 0) is 82.3 Å². The average Bonchev–Trinajstić information content (AvgIpc) is 3.30. The molecular weight excluding hydrogens is 520 g/mol. The molecule has 2 amide bonds. The smallest absolute Gasteiger partial charge is 0.410 e. The first-order valence-electron chi connectivity index (χ1n) is 13.4. The summed E-state index contributed by atoms with van der Waals surface area (Å²) in [4.78, 5) is 26.8. The van der Waals surface area contributed by atoms with E-state index in [0.717, 1.165) is 37.1 Å². The number of likely N-dealkylation sites (tertiary alicyclic amines) is 1. The maximum Gasteiger partial charge on any atom is 0.410 e. The number of halogens is 2. The molecule has 0 radical (unpaired) electrons. The number of ether oxygens (including phenoxy) is 2. The molecular formula is C29H33F2N5O4. The lowest BCUT2D eigenvalue weighted by Gasteiger charge is -2.37. The molecule has 1 aromatic heterocycles. The van der Waals surface area contributed by atoms with Crippen LogP contribution in [0.3, 0.4) is 0 Å². The second-order valence-corrected chi connectivity index (χ2v) is 11.2. The molecule has 0 saturated carbocycles. The first-order valence-corrected chi connectivity index (χ1v) is 13.4. The molecule has 1 atom stereocenters. The highest BCUT2D eigenvalue weighted by Gasteiger charge is 2.37. The zero-order valence-corrected chi connectivity index (χ0v) is 22.7. The van der Waals surface area contributed by atoms with Crippen LogP contribution in [-0.2, 0) is 4.74 Å². The maximum absolute atomic E-state index is 14.0. The normalized spacial score (nSPS) is 17.6. The van der Waals surface area contributed by atoms with Gasteiger partial charge in [0.25, 0.3) is 5.91 Å². The number of carbonyl (C=O) groups excluding carboxylic acids is 2. The fourth-order valence-electron chi connectivity index (χ4n) is 5.38. The Morgan fingerprint density at radius 3 is 2.38 bits per heavy atom. The highest BCUT2D eigenvalue weighted by Crippen LogP contribution is 2.42. The van der Waals surface area contributed by atoms with Gasteiger partial charge in [0.2, 0.25) is 0 Å². The Bertz CT molecular complexity index is 1410. The van der Waals surface area contributed by atoms with E-state index in [2.05, 4.69) is 5.32 Å². The number of fused-ring (bicyclic) bond motifs is 1. The number of nitrogens with zero attached hydrogens (tertiary/aromatic N) is 3. The number of nitrogens with two attached hydrogens (primary N) is 1. The molecule has 5 rings (SSSR count). The Kier molecular flexibility index (Phi) is 7.39. The zero-order valence-electron chi connectivity index (χ0n) is 22.7. The van der Waals surface area contributed by atoms with Crippen molar-refractivity contribution in [3.05, 3.63) is 65.5 Å². The minimum Gasteiger partial charge on any atom is -0.454 e. The fourth-order valence-corrected chi connectivity index (χ4v) is 5.38. The molecule has 9 nitrogen and oxygen atoms in total. The Balaban J connectivity index is 1.36. The molecule has 2 aromatic carbocycles. The number of aromatic nitrogens is 2.